The van der Waals surface area contributed by atoms with E-state index in [-0.39, 0.29) is 23.3 Å². The summed E-state index contributed by atoms with van der Waals surface area (Å²) in [6.45, 7) is 0.563. The Morgan fingerprint density at radius 2 is 2.07 bits per heavy atom. The number of rotatable bonds is 5. The Hall–Kier alpha value is -3.62. The number of ether oxygens (including phenoxy) is 2. The number of likely N-dealkylation sites (tertiary alicyclic amines) is 1. The molecule has 1 N–H and O–H groups in total. The standard InChI is InChI=1S/C20H20N4O5/c1-28-13-6-8-18(29-2)15(11-13)17-4-3-9-23(17)20(25)19-14-10-12(24(26)27)5-7-16(14)21-22-19/h5-8,10-11,17H,3-4,9H2,1-2H3,(H,21,22). The molecule has 9 nitrogen and oxygen atoms in total. The van der Waals surface area contributed by atoms with Gasteiger partial charge in [-0.2, -0.15) is 5.10 Å². The van der Waals surface area contributed by atoms with Crippen LogP contribution in [-0.2, 0) is 0 Å². The molecule has 1 saturated heterocycles. The van der Waals surface area contributed by atoms with Gasteiger partial charge in [-0.05, 0) is 37.1 Å². The zero-order valence-corrected chi connectivity index (χ0v) is 16.0. The molecule has 0 spiro atoms. The van der Waals surface area contributed by atoms with Gasteiger partial charge in [0.2, 0.25) is 0 Å². The van der Waals surface area contributed by atoms with E-state index in [2.05, 4.69) is 10.2 Å². The van der Waals surface area contributed by atoms with Gasteiger partial charge < -0.3 is 14.4 Å². The van der Waals surface area contributed by atoms with Gasteiger partial charge in [-0.15, -0.1) is 0 Å². The van der Waals surface area contributed by atoms with Crippen LogP contribution in [0, 0.1) is 10.1 Å². The first kappa shape index (κ1) is 18.7. The van der Waals surface area contributed by atoms with Crippen molar-refractivity contribution < 1.29 is 19.2 Å². The van der Waals surface area contributed by atoms with Gasteiger partial charge in [-0.1, -0.05) is 0 Å². The van der Waals surface area contributed by atoms with E-state index >= 15 is 0 Å². The van der Waals surface area contributed by atoms with Crippen LogP contribution in [0.25, 0.3) is 10.9 Å². The van der Waals surface area contributed by atoms with E-state index in [1.807, 2.05) is 18.2 Å². The summed E-state index contributed by atoms with van der Waals surface area (Å²) in [5.74, 6) is 1.09. The Kier molecular flexibility index (Phi) is 4.79. The largest absolute Gasteiger partial charge is 0.497 e. The van der Waals surface area contributed by atoms with Crippen LogP contribution in [0.2, 0.25) is 0 Å². The smallest absolute Gasteiger partial charge is 0.275 e. The van der Waals surface area contributed by atoms with Crippen molar-refractivity contribution >= 4 is 22.5 Å². The number of H-pyrrole nitrogens is 1. The van der Waals surface area contributed by atoms with Crippen molar-refractivity contribution in [1.82, 2.24) is 15.1 Å². The zero-order valence-electron chi connectivity index (χ0n) is 16.0. The summed E-state index contributed by atoms with van der Waals surface area (Å²) in [5, 5.41) is 18.5. The number of non-ortho nitro benzene ring substituents is 1. The van der Waals surface area contributed by atoms with Gasteiger partial charge in [0.15, 0.2) is 5.69 Å². The predicted octanol–water partition coefficient (Wildman–Crippen LogP) is 3.47. The maximum atomic E-state index is 13.3. The van der Waals surface area contributed by atoms with Gasteiger partial charge in [-0.3, -0.25) is 20.0 Å². The second kappa shape index (κ2) is 7.42. The van der Waals surface area contributed by atoms with Gasteiger partial charge in [0, 0.05) is 29.6 Å². The van der Waals surface area contributed by atoms with E-state index in [1.165, 1.54) is 12.1 Å². The van der Waals surface area contributed by atoms with Gasteiger partial charge >= 0.3 is 0 Å². The number of nitro groups is 1. The molecule has 1 aromatic heterocycles. The molecule has 2 heterocycles. The van der Waals surface area contributed by atoms with E-state index in [1.54, 1.807) is 25.2 Å². The monoisotopic (exact) mass is 396 g/mol. The van der Waals surface area contributed by atoms with Crippen LogP contribution in [0.5, 0.6) is 11.5 Å². The highest BCUT2D eigenvalue weighted by Gasteiger charge is 2.34. The summed E-state index contributed by atoms with van der Waals surface area (Å²) in [6, 6.07) is 9.63. The Labute approximate surface area is 166 Å². The third-order valence-electron chi connectivity index (χ3n) is 5.27. The predicted molar refractivity (Wildman–Crippen MR) is 105 cm³/mol. The second-order valence-corrected chi connectivity index (χ2v) is 6.82. The van der Waals surface area contributed by atoms with Crippen LogP contribution in [0.15, 0.2) is 36.4 Å². The molecule has 1 fully saturated rings. The van der Waals surface area contributed by atoms with Gasteiger partial charge in [0.1, 0.15) is 11.5 Å². The Morgan fingerprint density at radius 1 is 1.24 bits per heavy atom. The average Bonchev–Trinajstić information content (AvgIpc) is 3.39. The number of amides is 1. The summed E-state index contributed by atoms with van der Waals surface area (Å²) in [6.07, 6.45) is 1.61. The van der Waals surface area contributed by atoms with Crippen molar-refractivity contribution in [2.75, 3.05) is 20.8 Å². The highest BCUT2D eigenvalue weighted by Crippen LogP contribution is 2.40. The number of fused-ring (bicyclic) bond motifs is 1. The number of hydrogen-bond acceptors (Lipinski definition) is 6. The minimum absolute atomic E-state index is 0.0830. The lowest BCUT2D eigenvalue weighted by Crippen LogP contribution is -2.31. The Bertz CT molecular complexity index is 1090. The number of nitrogens with zero attached hydrogens (tertiary/aromatic N) is 3. The van der Waals surface area contributed by atoms with Crippen molar-refractivity contribution in [3.8, 4) is 11.5 Å². The average molecular weight is 396 g/mol. The molecule has 2 aromatic carbocycles. The molecule has 1 amide bonds. The normalized spacial score (nSPS) is 16.2. The maximum absolute atomic E-state index is 13.3. The maximum Gasteiger partial charge on any atom is 0.275 e. The van der Waals surface area contributed by atoms with Crippen molar-refractivity contribution in [3.63, 3.8) is 0 Å². The SMILES string of the molecule is COc1ccc(OC)c(C2CCCN2C(=O)c2n[nH]c3ccc([N+](=O)[O-])cc23)c1. The van der Waals surface area contributed by atoms with Crippen LogP contribution in [-0.4, -0.2) is 46.7 Å². The first-order valence-electron chi connectivity index (χ1n) is 9.19. The molecule has 0 aliphatic carbocycles. The van der Waals surface area contributed by atoms with Crippen LogP contribution in [0.3, 0.4) is 0 Å². The topological polar surface area (TPSA) is 111 Å². The lowest BCUT2D eigenvalue weighted by atomic mass is 10.0. The van der Waals surface area contributed by atoms with E-state index < -0.39 is 4.92 Å². The number of benzene rings is 2. The number of methoxy groups -OCH3 is 2. The van der Waals surface area contributed by atoms with Crippen LogP contribution in [0.4, 0.5) is 5.69 Å². The lowest BCUT2D eigenvalue weighted by molar-refractivity contribution is -0.384. The van der Waals surface area contributed by atoms with Crippen LogP contribution < -0.4 is 9.47 Å². The molecule has 1 aliphatic heterocycles. The van der Waals surface area contributed by atoms with Crippen molar-refractivity contribution in [1.29, 1.82) is 0 Å². The van der Waals surface area contributed by atoms with Crippen molar-refractivity contribution in [2.45, 2.75) is 18.9 Å². The van der Waals surface area contributed by atoms with Gasteiger partial charge in [0.05, 0.1) is 30.7 Å². The summed E-state index contributed by atoms with van der Waals surface area (Å²) in [5.41, 5.74) is 1.54. The minimum atomic E-state index is -0.486. The third kappa shape index (κ3) is 3.24. The quantitative estimate of drug-likeness (QED) is 0.522. The molecule has 150 valence electrons. The molecule has 1 unspecified atom stereocenters. The second-order valence-electron chi connectivity index (χ2n) is 6.82. The van der Waals surface area contributed by atoms with E-state index in [0.717, 1.165) is 18.4 Å². The summed E-state index contributed by atoms with van der Waals surface area (Å²) in [7, 11) is 3.18. The minimum Gasteiger partial charge on any atom is -0.497 e. The fraction of sp³-hybridized carbons (Fsp3) is 0.300. The highest BCUT2D eigenvalue weighted by molar-refractivity contribution is 6.05. The van der Waals surface area contributed by atoms with Gasteiger partial charge in [0.25, 0.3) is 11.6 Å². The number of aromatic amines is 1. The first-order valence-corrected chi connectivity index (χ1v) is 9.19. The molecule has 9 heteroatoms. The molecule has 0 saturated carbocycles. The number of hydrogen-bond donors (Lipinski definition) is 1. The van der Waals surface area contributed by atoms with Crippen molar-refractivity contribution in [2.24, 2.45) is 0 Å². The van der Waals surface area contributed by atoms with E-state index in [4.69, 9.17) is 9.47 Å². The molecular weight excluding hydrogens is 376 g/mol. The fourth-order valence-electron chi connectivity index (χ4n) is 3.85. The van der Waals surface area contributed by atoms with Gasteiger partial charge in [-0.25, -0.2) is 0 Å². The van der Waals surface area contributed by atoms with Crippen LogP contribution >= 0.6 is 0 Å². The number of nitrogens with one attached hydrogen (secondary N) is 1. The Morgan fingerprint density at radius 3 is 2.79 bits per heavy atom. The van der Waals surface area contributed by atoms with Crippen molar-refractivity contribution in [3.05, 3.63) is 57.8 Å². The number of carbonyl (C=O) groups is 1. The van der Waals surface area contributed by atoms with Crippen LogP contribution in [0.1, 0.15) is 34.9 Å². The highest BCUT2D eigenvalue weighted by atomic mass is 16.6. The number of carbonyl (C=O) groups excluding carboxylic acids is 1. The van der Waals surface area contributed by atoms with E-state index in [0.29, 0.717) is 28.9 Å². The Balaban J connectivity index is 1.73. The summed E-state index contributed by atoms with van der Waals surface area (Å²) in [4.78, 5) is 25.7. The molecule has 3 aromatic rings. The summed E-state index contributed by atoms with van der Waals surface area (Å²) < 4.78 is 10.8. The molecule has 1 aliphatic rings. The molecular formula is C20H20N4O5. The van der Waals surface area contributed by atoms with E-state index in [9.17, 15) is 14.9 Å². The molecule has 1 atom stereocenters. The third-order valence-corrected chi connectivity index (χ3v) is 5.27. The number of nitro benzene ring substituents is 1. The molecule has 0 bridgehead atoms. The zero-order chi connectivity index (χ0) is 20.5. The molecule has 4 rings (SSSR count). The molecule has 0 radical (unpaired) electrons. The summed E-state index contributed by atoms with van der Waals surface area (Å²) >= 11 is 0. The molecule has 29 heavy (non-hydrogen) atoms. The fourth-order valence-corrected chi connectivity index (χ4v) is 3.85. The lowest BCUT2D eigenvalue weighted by Gasteiger charge is -2.26. The first-order chi connectivity index (χ1) is 14.0. The number of aromatic nitrogens is 2.